The highest BCUT2D eigenvalue weighted by molar-refractivity contribution is 7.87. The van der Waals surface area contributed by atoms with Gasteiger partial charge in [0, 0.05) is 39.2 Å². The van der Waals surface area contributed by atoms with Crippen molar-refractivity contribution in [3.8, 4) is 0 Å². The Bertz CT molecular complexity index is 1200. The average Bonchev–Trinajstić information content (AvgIpc) is 3.27. The van der Waals surface area contributed by atoms with Gasteiger partial charge in [0.2, 0.25) is 5.91 Å². The van der Waals surface area contributed by atoms with E-state index in [1.165, 1.54) is 7.05 Å². The summed E-state index contributed by atoms with van der Waals surface area (Å²) < 4.78 is 33.8. The molecule has 0 bridgehead atoms. The summed E-state index contributed by atoms with van der Waals surface area (Å²) in [6.45, 7) is 8.53. The number of ether oxygens (including phenoxy) is 3. The molecule has 1 fully saturated rings. The van der Waals surface area contributed by atoms with Crippen molar-refractivity contribution in [2.24, 2.45) is 0 Å². The minimum Gasteiger partial charge on any atom is -0.579 e. The van der Waals surface area contributed by atoms with E-state index in [2.05, 4.69) is 15.4 Å². The lowest BCUT2D eigenvalue weighted by Gasteiger charge is -2.32. The van der Waals surface area contributed by atoms with E-state index in [1.807, 2.05) is 25.1 Å². The predicted molar refractivity (Wildman–Crippen MR) is 170 cm³/mol. The Morgan fingerprint density at radius 1 is 1.09 bits per heavy atom. The second-order valence-electron chi connectivity index (χ2n) is 12.1. The van der Waals surface area contributed by atoms with Gasteiger partial charge in [-0.2, -0.15) is 0 Å². The molecule has 0 aromatic heterocycles. The first-order valence-electron chi connectivity index (χ1n) is 15.7. The number of carbonyl (C=O) groups excluding carboxylic acids is 5. The highest BCUT2D eigenvalue weighted by Crippen LogP contribution is 2.29. The zero-order valence-corrected chi connectivity index (χ0v) is 27.9. The number of alkyl carbamates (subject to hydrolysis) is 1. The summed E-state index contributed by atoms with van der Waals surface area (Å²) in [5, 5.41) is 5.34. The third-order valence-electron chi connectivity index (χ3n) is 7.46. The Morgan fingerprint density at radius 2 is 1.78 bits per heavy atom. The van der Waals surface area contributed by atoms with Crippen LogP contribution in [0.15, 0.2) is 18.2 Å². The normalized spacial score (nSPS) is 17.0. The number of carbonyl (C=O) groups is 5. The number of imide groups is 1. The molecule has 15 heteroatoms. The van der Waals surface area contributed by atoms with Gasteiger partial charge >= 0.3 is 6.09 Å². The van der Waals surface area contributed by atoms with Crippen molar-refractivity contribution in [2.75, 3.05) is 53.1 Å². The third kappa shape index (κ3) is 11.3. The van der Waals surface area contributed by atoms with E-state index >= 15 is 0 Å². The van der Waals surface area contributed by atoms with Crippen molar-refractivity contribution >= 4 is 41.6 Å². The molecular formula is C31H47N5O9S. The van der Waals surface area contributed by atoms with Crippen LogP contribution in [0.5, 0.6) is 0 Å². The van der Waals surface area contributed by atoms with E-state index in [-0.39, 0.29) is 30.4 Å². The van der Waals surface area contributed by atoms with Crippen molar-refractivity contribution in [1.29, 1.82) is 0 Å². The zero-order chi connectivity index (χ0) is 33.7. The van der Waals surface area contributed by atoms with Gasteiger partial charge in [-0.05, 0) is 64.5 Å². The lowest BCUT2D eigenvalue weighted by atomic mass is 9.99. The number of benzene rings is 1. The highest BCUT2D eigenvalue weighted by Gasteiger charge is 2.41. The smallest absolute Gasteiger partial charge is 0.407 e. The van der Waals surface area contributed by atoms with Crippen molar-refractivity contribution in [1.82, 2.24) is 24.6 Å². The molecule has 256 valence electrons. The van der Waals surface area contributed by atoms with Crippen LogP contribution in [0, 0.1) is 0 Å². The average molecular weight is 666 g/mol. The highest BCUT2D eigenvalue weighted by atomic mass is 32.2. The van der Waals surface area contributed by atoms with Crippen LogP contribution in [0.1, 0.15) is 79.2 Å². The Hall–Kier alpha value is -3.08. The van der Waals surface area contributed by atoms with Crippen LogP contribution in [-0.4, -0.2) is 115 Å². The second-order valence-corrected chi connectivity index (χ2v) is 13.4. The Labute approximate surface area is 273 Å². The molecule has 14 nitrogen and oxygen atoms in total. The van der Waals surface area contributed by atoms with Crippen LogP contribution in [0.25, 0.3) is 0 Å². The molecule has 2 heterocycles. The minimum absolute atomic E-state index is 0.00887. The molecular weight excluding hydrogens is 618 g/mol. The molecule has 1 saturated heterocycles. The van der Waals surface area contributed by atoms with Crippen molar-refractivity contribution in [3.05, 3.63) is 34.9 Å². The summed E-state index contributed by atoms with van der Waals surface area (Å²) in [6.07, 6.45) is 2.66. The van der Waals surface area contributed by atoms with Gasteiger partial charge in [-0.1, -0.05) is 12.1 Å². The van der Waals surface area contributed by atoms with Gasteiger partial charge in [-0.25, -0.2) is 4.79 Å². The second kappa shape index (κ2) is 18.3. The molecule has 46 heavy (non-hydrogen) atoms. The summed E-state index contributed by atoms with van der Waals surface area (Å²) in [6, 6.07) is 4.06. The van der Waals surface area contributed by atoms with E-state index < -0.39 is 41.1 Å². The number of piperidine rings is 1. The first kappa shape index (κ1) is 37.4. The summed E-state index contributed by atoms with van der Waals surface area (Å²) in [4.78, 5) is 62.4. The number of rotatable bonds is 18. The van der Waals surface area contributed by atoms with Crippen LogP contribution in [0.2, 0.25) is 0 Å². The van der Waals surface area contributed by atoms with Crippen molar-refractivity contribution < 1.29 is 42.7 Å². The molecule has 3 rings (SSSR count). The quantitative estimate of drug-likeness (QED) is 0.0896. The SMILES string of the molecule is CNC(=O)CCC(C=O)N1C(=O)c2cccc(CCCOCCOCCN[S+]([O-])N3CCC(NC(=O)OC(C)(C)C)CC3)c2C1=O. The molecule has 0 aliphatic carbocycles. The van der Waals surface area contributed by atoms with Crippen LogP contribution in [0.4, 0.5) is 4.79 Å². The largest absolute Gasteiger partial charge is 0.579 e. The molecule has 1 aromatic carbocycles. The third-order valence-corrected chi connectivity index (χ3v) is 8.74. The van der Waals surface area contributed by atoms with Crippen LogP contribution in [0.3, 0.4) is 0 Å². The molecule has 4 amide bonds. The Balaban J connectivity index is 1.27. The molecule has 2 aliphatic heterocycles. The Kier molecular flexibility index (Phi) is 14.9. The number of amides is 4. The number of aldehydes is 1. The topological polar surface area (TPSA) is 179 Å². The molecule has 2 unspecified atom stereocenters. The van der Waals surface area contributed by atoms with Crippen molar-refractivity contribution in [2.45, 2.75) is 77.0 Å². The van der Waals surface area contributed by atoms with Gasteiger partial charge in [-0.3, -0.25) is 19.3 Å². The van der Waals surface area contributed by atoms with Gasteiger partial charge in [0.1, 0.15) is 23.4 Å². The number of nitrogens with zero attached hydrogens (tertiary/aromatic N) is 2. The van der Waals surface area contributed by atoms with Gasteiger partial charge in [0.25, 0.3) is 11.8 Å². The summed E-state index contributed by atoms with van der Waals surface area (Å²) in [7, 11) is 1.48. The lowest BCUT2D eigenvalue weighted by Crippen LogP contribution is -2.50. The molecule has 2 aliphatic rings. The number of fused-ring (bicyclic) bond motifs is 1. The van der Waals surface area contributed by atoms with Crippen LogP contribution < -0.4 is 15.4 Å². The van der Waals surface area contributed by atoms with E-state index in [0.717, 1.165) is 4.90 Å². The van der Waals surface area contributed by atoms with Gasteiger partial charge in [0.15, 0.2) is 0 Å². The van der Waals surface area contributed by atoms with Crippen molar-refractivity contribution in [3.63, 3.8) is 0 Å². The number of hydrogen-bond donors (Lipinski definition) is 3. The van der Waals surface area contributed by atoms with Crippen LogP contribution >= 0.6 is 0 Å². The monoisotopic (exact) mass is 665 g/mol. The van der Waals surface area contributed by atoms with E-state index in [0.29, 0.717) is 89.2 Å². The van der Waals surface area contributed by atoms with Gasteiger partial charge in [0.05, 0.1) is 43.5 Å². The first-order chi connectivity index (χ1) is 21.9. The fourth-order valence-electron chi connectivity index (χ4n) is 5.16. The molecule has 0 spiro atoms. The van der Waals surface area contributed by atoms with Crippen LogP contribution in [-0.2, 0) is 41.8 Å². The van der Waals surface area contributed by atoms with E-state index in [4.69, 9.17) is 14.2 Å². The number of hydrogen-bond acceptors (Lipinski definition) is 11. The van der Waals surface area contributed by atoms with Gasteiger partial charge in [-0.15, -0.1) is 9.03 Å². The van der Waals surface area contributed by atoms with E-state index in [1.54, 1.807) is 18.2 Å². The number of aryl methyl sites for hydroxylation is 1. The molecule has 1 aromatic rings. The lowest BCUT2D eigenvalue weighted by molar-refractivity contribution is -0.121. The molecule has 2 atom stereocenters. The number of nitrogens with one attached hydrogen (secondary N) is 3. The maximum atomic E-state index is 13.2. The summed E-state index contributed by atoms with van der Waals surface area (Å²) >= 11 is -1.35. The molecule has 0 saturated carbocycles. The zero-order valence-electron chi connectivity index (χ0n) is 27.1. The van der Waals surface area contributed by atoms with E-state index in [9.17, 15) is 28.5 Å². The maximum absolute atomic E-state index is 13.2. The fraction of sp³-hybridized carbons (Fsp3) is 0.645. The first-order valence-corrected chi connectivity index (χ1v) is 16.8. The molecule has 0 radical (unpaired) electrons. The molecule has 3 N–H and O–H groups in total. The standard InChI is InChI=1S/C31H47N5O9S/c1-31(2,3)45-30(41)34-23-12-15-35(16-13-23)46(42)33-14-18-44-20-19-43-17-6-8-22-7-5-9-25-27(22)29(40)36(28(25)39)24(21-37)10-11-26(38)32-4/h5,7,9,21,23-24,33H,6,8,10-20H2,1-4H3,(H,32,38)(H,34,41). The van der Waals surface area contributed by atoms with Gasteiger partial charge < -0.3 is 34.2 Å². The summed E-state index contributed by atoms with van der Waals surface area (Å²) in [5.41, 5.74) is 0.717. The summed E-state index contributed by atoms with van der Waals surface area (Å²) in [5.74, 6) is -1.32. The fourth-order valence-corrected chi connectivity index (χ4v) is 6.15. The predicted octanol–water partition coefficient (Wildman–Crippen LogP) is 1.50. The minimum atomic E-state index is -1.35. The Morgan fingerprint density at radius 3 is 2.43 bits per heavy atom. The maximum Gasteiger partial charge on any atom is 0.407 e.